The number of para-hydroxylation sites is 1. The number of nitrogens with zero attached hydrogens (tertiary/aromatic N) is 4. The van der Waals surface area contributed by atoms with E-state index in [0.717, 1.165) is 30.0 Å². The molecule has 4 aromatic rings. The van der Waals surface area contributed by atoms with E-state index in [9.17, 15) is 9.18 Å². The number of carbonyl (C=O) groups excluding carboxylic acids is 1. The standard InChI is InChI=1S/C22H19FN4O3/c1-29-22(28)16-11-14(26-7-9-30-10-8-26)12-19-21(16)25-13-27(19)18-5-6-24-20-15(18)3-2-4-17(20)23/h2-6,11-13H,7-10H2,1H3. The Morgan fingerprint density at radius 1 is 1.13 bits per heavy atom. The van der Waals surface area contributed by atoms with Crippen molar-refractivity contribution in [2.75, 3.05) is 38.3 Å². The largest absolute Gasteiger partial charge is 0.465 e. The average molecular weight is 406 g/mol. The van der Waals surface area contributed by atoms with Crippen LogP contribution in [0.25, 0.3) is 27.6 Å². The minimum absolute atomic E-state index is 0.286. The van der Waals surface area contributed by atoms with Gasteiger partial charge in [-0.1, -0.05) is 12.1 Å². The number of benzene rings is 2. The Hall–Kier alpha value is -3.52. The van der Waals surface area contributed by atoms with Crippen molar-refractivity contribution in [3.63, 3.8) is 0 Å². The minimum Gasteiger partial charge on any atom is -0.465 e. The van der Waals surface area contributed by atoms with Gasteiger partial charge in [0.2, 0.25) is 0 Å². The molecule has 0 radical (unpaired) electrons. The van der Waals surface area contributed by atoms with Crippen LogP contribution in [-0.2, 0) is 9.47 Å². The van der Waals surface area contributed by atoms with Crippen LogP contribution in [0, 0.1) is 5.82 Å². The van der Waals surface area contributed by atoms with Crippen molar-refractivity contribution in [3.05, 3.63) is 60.3 Å². The van der Waals surface area contributed by atoms with Crippen molar-refractivity contribution in [1.82, 2.24) is 14.5 Å². The summed E-state index contributed by atoms with van der Waals surface area (Å²) >= 11 is 0. The number of carbonyl (C=O) groups is 1. The average Bonchev–Trinajstić information content (AvgIpc) is 3.22. The Morgan fingerprint density at radius 2 is 1.97 bits per heavy atom. The maximum absolute atomic E-state index is 14.3. The molecular formula is C22H19FN4O3. The molecular weight excluding hydrogens is 387 g/mol. The summed E-state index contributed by atoms with van der Waals surface area (Å²) in [4.78, 5) is 23.3. The Bertz CT molecular complexity index is 1260. The monoisotopic (exact) mass is 406 g/mol. The Kier molecular flexibility index (Phi) is 4.55. The first-order valence-electron chi connectivity index (χ1n) is 9.63. The summed E-state index contributed by atoms with van der Waals surface area (Å²) < 4.78 is 26.6. The number of hydrogen-bond acceptors (Lipinski definition) is 6. The molecule has 2 aromatic carbocycles. The lowest BCUT2D eigenvalue weighted by Gasteiger charge is -2.29. The lowest BCUT2D eigenvalue weighted by Crippen LogP contribution is -2.36. The molecule has 0 amide bonds. The number of ether oxygens (including phenoxy) is 2. The second kappa shape index (κ2) is 7.38. The van der Waals surface area contributed by atoms with Crippen molar-refractivity contribution < 1.29 is 18.7 Å². The molecule has 1 saturated heterocycles. The molecule has 7 nitrogen and oxygen atoms in total. The summed E-state index contributed by atoms with van der Waals surface area (Å²) in [5.41, 5.74) is 3.56. The quantitative estimate of drug-likeness (QED) is 0.486. The van der Waals surface area contributed by atoms with Gasteiger partial charge in [0, 0.05) is 30.4 Å². The first-order chi connectivity index (χ1) is 14.7. The number of pyridine rings is 1. The van der Waals surface area contributed by atoms with Crippen LogP contribution in [0.1, 0.15) is 10.4 Å². The number of halogens is 1. The summed E-state index contributed by atoms with van der Waals surface area (Å²) in [7, 11) is 1.35. The molecule has 2 aromatic heterocycles. The minimum atomic E-state index is -0.453. The zero-order valence-electron chi connectivity index (χ0n) is 16.3. The summed E-state index contributed by atoms with van der Waals surface area (Å²) in [6, 6.07) is 10.5. The second-order valence-corrected chi connectivity index (χ2v) is 7.03. The van der Waals surface area contributed by atoms with Gasteiger partial charge in [0.15, 0.2) is 0 Å². The van der Waals surface area contributed by atoms with Crippen LogP contribution in [0.4, 0.5) is 10.1 Å². The fourth-order valence-corrected chi connectivity index (χ4v) is 3.90. The predicted octanol–water partition coefficient (Wildman–Crippen LogP) is 3.34. The smallest absolute Gasteiger partial charge is 0.340 e. The first kappa shape index (κ1) is 18.5. The van der Waals surface area contributed by atoms with Crippen LogP contribution in [0.3, 0.4) is 0 Å². The van der Waals surface area contributed by atoms with Gasteiger partial charge in [-0.3, -0.25) is 9.55 Å². The fraction of sp³-hybridized carbons (Fsp3) is 0.227. The third-order valence-corrected chi connectivity index (χ3v) is 5.38. The van der Waals surface area contributed by atoms with Crippen LogP contribution in [-0.4, -0.2) is 53.9 Å². The van der Waals surface area contributed by atoms with E-state index in [1.165, 1.54) is 13.2 Å². The molecule has 152 valence electrons. The molecule has 1 fully saturated rings. The van der Waals surface area contributed by atoms with Gasteiger partial charge in [-0.15, -0.1) is 0 Å². The molecule has 0 bridgehead atoms. The fourth-order valence-electron chi connectivity index (χ4n) is 3.90. The third kappa shape index (κ3) is 2.96. The van der Waals surface area contributed by atoms with Crippen LogP contribution in [0.15, 0.2) is 48.9 Å². The van der Waals surface area contributed by atoms with Gasteiger partial charge in [0.1, 0.15) is 23.2 Å². The Morgan fingerprint density at radius 3 is 2.77 bits per heavy atom. The highest BCUT2D eigenvalue weighted by Gasteiger charge is 2.21. The van der Waals surface area contributed by atoms with E-state index in [4.69, 9.17) is 9.47 Å². The number of imidazole rings is 1. The number of esters is 1. The van der Waals surface area contributed by atoms with Crippen molar-refractivity contribution in [3.8, 4) is 5.69 Å². The Balaban J connectivity index is 1.76. The molecule has 0 unspecified atom stereocenters. The van der Waals surface area contributed by atoms with E-state index < -0.39 is 5.97 Å². The maximum Gasteiger partial charge on any atom is 0.340 e. The molecule has 5 rings (SSSR count). The number of rotatable bonds is 3. The molecule has 3 heterocycles. The molecule has 0 N–H and O–H groups in total. The zero-order valence-corrected chi connectivity index (χ0v) is 16.3. The third-order valence-electron chi connectivity index (χ3n) is 5.38. The number of hydrogen-bond donors (Lipinski definition) is 0. The Labute approximate surface area is 171 Å². The van der Waals surface area contributed by atoms with E-state index in [0.29, 0.717) is 29.7 Å². The van der Waals surface area contributed by atoms with E-state index in [2.05, 4.69) is 14.9 Å². The highest BCUT2D eigenvalue weighted by Crippen LogP contribution is 2.31. The summed E-state index contributed by atoms with van der Waals surface area (Å²) in [6.07, 6.45) is 3.21. The second-order valence-electron chi connectivity index (χ2n) is 7.03. The van der Waals surface area contributed by atoms with Gasteiger partial charge in [0.25, 0.3) is 0 Å². The number of fused-ring (bicyclic) bond motifs is 2. The van der Waals surface area contributed by atoms with Crippen LogP contribution in [0.2, 0.25) is 0 Å². The van der Waals surface area contributed by atoms with Crippen LogP contribution in [0.5, 0.6) is 0 Å². The van der Waals surface area contributed by atoms with Gasteiger partial charge < -0.3 is 14.4 Å². The van der Waals surface area contributed by atoms with Crippen molar-refractivity contribution in [1.29, 1.82) is 0 Å². The lowest BCUT2D eigenvalue weighted by molar-refractivity contribution is 0.0603. The number of aromatic nitrogens is 3. The summed E-state index contributed by atoms with van der Waals surface area (Å²) in [5.74, 6) is -0.839. The molecule has 8 heteroatoms. The van der Waals surface area contributed by atoms with E-state index in [1.807, 2.05) is 22.8 Å². The molecule has 1 aliphatic rings. The van der Waals surface area contributed by atoms with Crippen molar-refractivity contribution >= 4 is 33.6 Å². The molecule has 0 aliphatic carbocycles. The van der Waals surface area contributed by atoms with Gasteiger partial charge in [-0.2, -0.15) is 0 Å². The highest BCUT2D eigenvalue weighted by molar-refractivity contribution is 6.04. The zero-order chi connectivity index (χ0) is 20.7. The topological polar surface area (TPSA) is 69.5 Å². The normalized spacial score (nSPS) is 14.4. The first-order valence-corrected chi connectivity index (χ1v) is 9.63. The number of anilines is 1. The van der Waals surface area contributed by atoms with Crippen molar-refractivity contribution in [2.45, 2.75) is 0 Å². The molecule has 1 aliphatic heterocycles. The van der Waals surface area contributed by atoms with E-state index in [1.54, 1.807) is 24.7 Å². The number of methoxy groups -OCH3 is 1. The number of morpholine rings is 1. The van der Waals surface area contributed by atoms with Crippen LogP contribution >= 0.6 is 0 Å². The van der Waals surface area contributed by atoms with Gasteiger partial charge >= 0.3 is 5.97 Å². The summed E-state index contributed by atoms with van der Waals surface area (Å²) in [6.45, 7) is 2.70. The predicted molar refractivity (Wildman–Crippen MR) is 111 cm³/mol. The van der Waals surface area contributed by atoms with E-state index >= 15 is 0 Å². The lowest BCUT2D eigenvalue weighted by atomic mass is 10.1. The highest BCUT2D eigenvalue weighted by atomic mass is 19.1. The van der Waals surface area contributed by atoms with Crippen molar-refractivity contribution in [2.24, 2.45) is 0 Å². The maximum atomic E-state index is 14.3. The molecule has 0 saturated carbocycles. The van der Waals surface area contributed by atoms with Gasteiger partial charge in [-0.25, -0.2) is 14.2 Å². The van der Waals surface area contributed by atoms with Gasteiger partial charge in [-0.05, 0) is 24.3 Å². The van der Waals surface area contributed by atoms with Crippen LogP contribution < -0.4 is 4.90 Å². The SMILES string of the molecule is COC(=O)c1cc(N2CCOCC2)cc2c1ncn2-c1ccnc2c(F)cccc12. The molecule has 0 atom stereocenters. The van der Waals surface area contributed by atoms with Gasteiger partial charge in [0.05, 0.1) is 37.1 Å². The van der Waals surface area contributed by atoms with E-state index in [-0.39, 0.29) is 11.3 Å². The molecule has 30 heavy (non-hydrogen) atoms. The molecule has 0 spiro atoms. The summed E-state index contributed by atoms with van der Waals surface area (Å²) in [5, 5.41) is 0.660.